The number of urea groups is 1. The Balaban J connectivity index is 0.00000420. The summed E-state index contributed by atoms with van der Waals surface area (Å²) in [4.78, 5) is 20.3. The molecule has 2 amide bonds. The number of hydrogen-bond donors (Lipinski definition) is 6. The topological polar surface area (TPSA) is 142 Å². The minimum atomic E-state index is -0.347. The monoisotopic (exact) mass is 418 g/mol. The van der Waals surface area contributed by atoms with Gasteiger partial charge in [0.1, 0.15) is 0 Å². The van der Waals surface area contributed by atoms with E-state index < -0.39 is 0 Å². The highest BCUT2D eigenvalue weighted by Crippen LogP contribution is 2.16. The van der Waals surface area contributed by atoms with Crippen LogP contribution in [0.5, 0.6) is 0 Å². The molecule has 0 aromatic heterocycles. The summed E-state index contributed by atoms with van der Waals surface area (Å²) in [6.07, 6.45) is 0. The second-order valence-electron chi connectivity index (χ2n) is 5.70. The number of amides is 2. The molecular formula is C19H27ClN8O. The Morgan fingerprint density at radius 2 is 0.966 bits per heavy atom. The third-order valence-corrected chi connectivity index (χ3v) is 3.49. The average molecular weight is 419 g/mol. The van der Waals surface area contributed by atoms with Gasteiger partial charge in [-0.3, -0.25) is 9.98 Å². The Bertz CT molecular complexity index is 765. The number of guanidine groups is 2. The fourth-order valence-electron chi connectivity index (χ4n) is 2.28. The first-order valence-electron chi connectivity index (χ1n) is 8.92. The molecule has 8 N–H and O–H groups in total. The minimum absolute atomic E-state index is 0. The van der Waals surface area contributed by atoms with Crippen molar-refractivity contribution in [3.63, 3.8) is 0 Å². The summed E-state index contributed by atoms with van der Waals surface area (Å²) in [5, 5.41) is 11.5. The van der Waals surface area contributed by atoms with Crippen molar-refractivity contribution in [3.8, 4) is 0 Å². The van der Waals surface area contributed by atoms with Crippen LogP contribution in [0.15, 0.2) is 58.5 Å². The summed E-state index contributed by atoms with van der Waals surface area (Å²) in [5.41, 5.74) is 14.3. The number of carbonyl (C=O) groups is 1. The van der Waals surface area contributed by atoms with Gasteiger partial charge in [0.25, 0.3) is 0 Å². The lowest BCUT2D eigenvalue weighted by Gasteiger charge is -2.10. The molecule has 0 aliphatic heterocycles. The SMILES string of the molecule is CCN=C(N)Nc1ccc(NC(=O)Nc2ccc(NC(N)=NCC)cc2)cc1.Cl. The molecule has 29 heavy (non-hydrogen) atoms. The van der Waals surface area contributed by atoms with Crippen molar-refractivity contribution in [1.82, 2.24) is 0 Å². The largest absolute Gasteiger partial charge is 0.370 e. The van der Waals surface area contributed by atoms with Gasteiger partial charge in [-0.05, 0) is 62.4 Å². The van der Waals surface area contributed by atoms with E-state index in [0.29, 0.717) is 36.4 Å². The van der Waals surface area contributed by atoms with E-state index in [2.05, 4.69) is 31.3 Å². The minimum Gasteiger partial charge on any atom is -0.370 e. The number of benzene rings is 2. The molecule has 0 spiro atoms. The predicted octanol–water partition coefficient (Wildman–Crippen LogP) is 3.25. The summed E-state index contributed by atoms with van der Waals surface area (Å²) in [6.45, 7) is 5.02. The van der Waals surface area contributed by atoms with E-state index in [1.165, 1.54) is 0 Å². The van der Waals surface area contributed by atoms with Crippen LogP contribution in [0.1, 0.15) is 13.8 Å². The molecule has 10 heteroatoms. The normalized spacial score (nSPS) is 11.2. The Hall–Kier alpha value is -3.46. The first-order valence-corrected chi connectivity index (χ1v) is 8.92. The summed E-state index contributed by atoms with van der Waals surface area (Å²) < 4.78 is 0. The maximum absolute atomic E-state index is 12.1. The second-order valence-corrected chi connectivity index (χ2v) is 5.70. The highest BCUT2D eigenvalue weighted by molar-refractivity contribution is 6.00. The van der Waals surface area contributed by atoms with Gasteiger partial charge in [-0.25, -0.2) is 4.79 Å². The van der Waals surface area contributed by atoms with Crippen molar-refractivity contribution in [2.75, 3.05) is 34.4 Å². The quantitative estimate of drug-likeness (QED) is 0.315. The van der Waals surface area contributed by atoms with E-state index in [1.54, 1.807) is 48.5 Å². The molecule has 0 atom stereocenters. The van der Waals surface area contributed by atoms with Crippen molar-refractivity contribution in [2.24, 2.45) is 21.5 Å². The summed E-state index contributed by atoms with van der Waals surface area (Å²) in [5.74, 6) is 0.697. The zero-order valence-electron chi connectivity index (χ0n) is 16.4. The van der Waals surface area contributed by atoms with Gasteiger partial charge in [-0.1, -0.05) is 0 Å². The fourth-order valence-corrected chi connectivity index (χ4v) is 2.28. The molecule has 0 aliphatic carbocycles. The number of nitrogens with one attached hydrogen (secondary N) is 4. The molecule has 156 valence electrons. The highest BCUT2D eigenvalue weighted by Gasteiger charge is 2.04. The van der Waals surface area contributed by atoms with Crippen molar-refractivity contribution in [2.45, 2.75) is 13.8 Å². The van der Waals surface area contributed by atoms with Crippen LogP contribution in [0, 0.1) is 0 Å². The lowest BCUT2D eigenvalue weighted by atomic mass is 10.2. The van der Waals surface area contributed by atoms with Gasteiger partial charge in [0.2, 0.25) is 0 Å². The zero-order chi connectivity index (χ0) is 20.4. The fraction of sp³-hybridized carbons (Fsp3) is 0.211. The Kier molecular flexibility index (Phi) is 9.83. The zero-order valence-corrected chi connectivity index (χ0v) is 17.2. The van der Waals surface area contributed by atoms with Gasteiger partial charge in [0.15, 0.2) is 11.9 Å². The summed E-state index contributed by atoms with van der Waals surface area (Å²) in [7, 11) is 0. The van der Waals surface area contributed by atoms with Crippen molar-refractivity contribution < 1.29 is 4.79 Å². The predicted molar refractivity (Wildman–Crippen MR) is 124 cm³/mol. The maximum atomic E-state index is 12.1. The summed E-state index contributed by atoms with van der Waals surface area (Å²) >= 11 is 0. The van der Waals surface area contributed by atoms with Gasteiger partial charge in [-0.15, -0.1) is 12.4 Å². The third kappa shape index (κ3) is 8.39. The van der Waals surface area contributed by atoms with Gasteiger partial charge in [0, 0.05) is 35.8 Å². The van der Waals surface area contributed by atoms with Crippen LogP contribution in [0.3, 0.4) is 0 Å². The van der Waals surface area contributed by atoms with Crippen LogP contribution in [-0.4, -0.2) is 31.0 Å². The molecule has 0 aliphatic rings. The molecule has 2 aromatic carbocycles. The van der Waals surface area contributed by atoms with Gasteiger partial charge >= 0.3 is 6.03 Å². The Morgan fingerprint density at radius 3 is 1.24 bits per heavy atom. The van der Waals surface area contributed by atoms with Gasteiger partial charge < -0.3 is 32.7 Å². The number of aliphatic imine (C=N–C) groups is 2. The van der Waals surface area contributed by atoms with Crippen LogP contribution < -0.4 is 32.7 Å². The number of nitrogens with two attached hydrogens (primary N) is 2. The first kappa shape index (κ1) is 23.6. The van der Waals surface area contributed by atoms with Crippen molar-refractivity contribution >= 4 is 53.1 Å². The van der Waals surface area contributed by atoms with E-state index in [0.717, 1.165) is 11.4 Å². The number of hydrogen-bond acceptors (Lipinski definition) is 3. The summed E-state index contributed by atoms with van der Waals surface area (Å²) in [6, 6.07) is 13.9. The standard InChI is InChI=1S/C19H26N8O.ClH/c1-3-22-17(20)24-13-5-9-15(10-6-13)26-19(28)27-16-11-7-14(8-12-16)25-18(21)23-4-2;/h5-12H,3-4H2,1-2H3,(H3,20,22,24)(H3,21,23,25)(H2,26,27,28);1H. The van der Waals surface area contributed by atoms with Crippen LogP contribution in [0.4, 0.5) is 27.5 Å². The number of nitrogens with zero attached hydrogens (tertiary/aromatic N) is 2. The molecule has 0 saturated heterocycles. The van der Waals surface area contributed by atoms with Crippen LogP contribution >= 0.6 is 12.4 Å². The number of rotatable bonds is 6. The molecule has 0 bridgehead atoms. The molecule has 0 fully saturated rings. The van der Waals surface area contributed by atoms with Crippen molar-refractivity contribution in [1.29, 1.82) is 0 Å². The molecule has 2 rings (SSSR count). The number of halogens is 1. The number of anilines is 4. The second kappa shape index (κ2) is 12.1. The first-order chi connectivity index (χ1) is 13.5. The highest BCUT2D eigenvalue weighted by atomic mass is 35.5. The Labute approximate surface area is 176 Å². The molecule has 0 radical (unpaired) electrons. The molecule has 2 aromatic rings. The maximum Gasteiger partial charge on any atom is 0.323 e. The molecule has 9 nitrogen and oxygen atoms in total. The Morgan fingerprint density at radius 1 is 0.690 bits per heavy atom. The lowest BCUT2D eigenvalue weighted by Crippen LogP contribution is -2.23. The lowest BCUT2D eigenvalue weighted by molar-refractivity contribution is 0.262. The third-order valence-electron chi connectivity index (χ3n) is 3.49. The van der Waals surface area contributed by atoms with E-state index in [1.807, 2.05) is 13.8 Å². The smallest absolute Gasteiger partial charge is 0.323 e. The van der Waals surface area contributed by atoms with Crippen LogP contribution in [0.25, 0.3) is 0 Å². The van der Waals surface area contributed by atoms with E-state index in [-0.39, 0.29) is 18.4 Å². The average Bonchev–Trinajstić information content (AvgIpc) is 2.65. The van der Waals surface area contributed by atoms with E-state index >= 15 is 0 Å². The molecule has 0 heterocycles. The van der Waals surface area contributed by atoms with Gasteiger partial charge in [0.05, 0.1) is 0 Å². The molecular weight excluding hydrogens is 392 g/mol. The molecule has 0 unspecified atom stereocenters. The van der Waals surface area contributed by atoms with E-state index in [4.69, 9.17) is 11.5 Å². The van der Waals surface area contributed by atoms with Crippen molar-refractivity contribution in [3.05, 3.63) is 48.5 Å². The van der Waals surface area contributed by atoms with Gasteiger partial charge in [-0.2, -0.15) is 0 Å². The van der Waals surface area contributed by atoms with Crippen LogP contribution in [-0.2, 0) is 0 Å². The number of carbonyl (C=O) groups excluding carboxylic acids is 1. The van der Waals surface area contributed by atoms with E-state index in [9.17, 15) is 4.79 Å². The van der Waals surface area contributed by atoms with Crippen LogP contribution in [0.2, 0.25) is 0 Å². The molecule has 0 saturated carbocycles.